The summed E-state index contributed by atoms with van der Waals surface area (Å²) in [5, 5.41) is 2.89. The van der Waals surface area contributed by atoms with Crippen LogP contribution in [0.25, 0.3) is 0 Å². The van der Waals surface area contributed by atoms with Gasteiger partial charge in [-0.25, -0.2) is 0 Å². The molecule has 0 aromatic carbocycles. The zero-order chi connectivity index (χ0) is 13.2. The molecule has 96 valence electrons. The van der Waals surface area contributed by atoms with Gasteiger partial charge in [0.05, 0.1) is 5.56 Å². The van der Waals surface area contributed by atoms with Crippen molar-refractivity contribution in [1.29, 1.82) is 0 Å². The van der Waals surface area contributed by atoms with Gasteiger partial charge >= 0.3 is 0 Å². The lowest BCUT2D eigenvalue weighted by molar-refractivity contribution is 0.0946. The molecule has 0 radical (unpaired) electrons. The van der Waals surface area contributed by atoms with E-state index in [-0.39, 0.29) is 11.9 Å². The number of nitrogens with zero attached hydrogens (tertiary/aromatic N) is 1. The van der Waals surface area contributed by atoms with E-state index in [4.69, 9.17) is 0 Å². The Morgan fingerprint density at radius 3 is 3.00 bits per heavy atom. The first-order valence-corrected chi connectivity index (χ1v) is 6.28. The summed E-state index contributed by atoms with van der Waals surface area (Å²) in [5.74, 6) is -0.0993. The summed E-state index contributed by atoms with van der Waals surface area (Å²) in [5.41, 5.74) is 0.583. The van der Waals surface area contributed by atoms with Crippen molar-refractivity contribution in [2.75, 3.05) is 0 Å². The van der Waals surface area contributed by atoms with Crippen LogP contribution in [-0.2, 0) is 0 Å². The van der Waals surface area contributed by atoms with E-state index in [1.165, 1.54) is 0 Å². The quantitative estimate of drug-likeness (QED) is 0.781. The first-order chi connectivity index (χ1) is 8.74. The highest BCUT2D eigenvalue weighted by Gasteiger charge is 2.06. The van der Waals surface area contributed by atoms with Gasteiger partial charge in [0.2, 0.25) is 0 Å². The van der Waals surface area contributed by atoms with Gasteiger partial charge in [0.25, 0.3) is 5.91 Å². The molecule has 1 unspecified atom stereocenters. The molecule has 18 heavy (non-hydrogen) atoms. The predicted molar refractivity (Wildman–Crippen MR) is 74.4 cm³/mol. The van der Waals surface area contributed by atoms with Crippen LogP contribution in [0.1, 0.15) is 37.0 Å². The van der Waals surface area contributed by atoms with Gasteiger partial charge in [0.15, 0.2) is 0 Å². The lowest BCUT2D eigenvalue weighted by Gasteiger charge is -2.08. The molecule has 0 aliphatic heterocycles. The first kappa shape index (κ1) is 14.2. The summed E-state index contributed by atoms with van der Waals surface area (Å²) < 4.78 is 0. The zero-order valence-corrected chi connectivity index (χ0v) is 11.0. The van der Waals surface area contributed by atoms with Crippen molar-refractivity contribution >= 4 is 5.91 Å². The number of allylic oxidation sites excluding steroid dienone is 3. The Morgan fingerprint density at radius 1 is 1.50 bits per heavy atom. The zero-order valence-electron chi connectivity index (χ0n) is 11.0. The van der Waals surface area contributed by atoms with Crippen LogP contribution in [-0.4, -0.2) is 16.9 Å². The summed E-state index contributed by atoms with van der Waals surface area (Å²) in [6, 6.07) is 3.51. The van der Waals surface area contributed by atoms with E-state index < -0.39 is 0 Å². The van der Waals surface area contributed by atoms with Gasteiger partial charge in [-0.05, 0) is 25.5 Å². The van der Waals surface area contributed by atoms with Crippen LogP contribution in [0.2, 0.25) is 0 Å². The molecule has 1 aromatic heterocycles. The number of carbonyl (C=O) groups is 1. The molecule has 0 fully saturated rings. The third-order valence-corrected chi connectivity index (χ3v) is 2.38. The van der Waals surface area contributed by atoms with E-state index >= 15 is 0 Å². The van der Waals surface area contributed by atoms with E-state index in [0.717, 1.165) is 12.8 Å². The molecule has 1 amide bonds. The lowest BCUT2D eigenvalue weighted by Crippen LogP contribution is -2.31. The Hall–Kier alpha value is -1.90. The van der Waals surface area contributed by atoms with Crippen LogP contribution in [0.4, 0.5) is 0 Å². The highest BCUT2D eigenvalue weighted by atomic mass is 16.1. The molecule has 1 atom stereocenters. The maximum atomic E-state index is 11.8. The molecule has 0 spiro atoms. The van der Waals surface area contributed by atoms with Crippen LogP contribution >= 0.6 is 0 Å². The van der Waals surface area contributed by atoms with Crippen molar-refractivity contribution in [2.24, 2.45) is 0 Å². The highest BCUT2D eigenvalue weighted by Crippen LogP contribution is 1.97. The van der Waals surface area contributed by atoms with Crippen molar-refractivity contribution in [3.05, 3.63) is 54.4 Å². The second-order valence-corrected chi connectivity index (χ2v) is 4.11. The SMILES string of the molecule is CCC/C=C/C=C/C(C)NC(=O)c1cccnc1. The number of nitrogens with one attached hydrogen (secondary N) is 1. The molecule has 0 saturated carbocycles. The standard InChI is InChI=1S/C15H20N2O/c1-3-4-5-6-7-9-13(2)17-15(18)14-10-8-11-16-12-14/h5-13H,3-4H2,1-2H3,(H,17,18)/b6-5+,9-7+. The Kier molecular flexibility index (Phi) is 6.47. The monoisotopic (exact) mass is 244 g/mol. The van der Waals surface area contributed by atoms with Crippen molar-refractivity contribution in [2.45, 2.75) is 32.7 Å². The van der Waals surface area contributed by atoms with Crippen molar-refractivity contribution in [3.8, 4) is 0 Å². The van der Waals surface area contributed by atoms with Gasteiger partial charge in [-0.15, -0.1) is 0 Å². The van der Waals surface area contributed by atoms with Gasteiger partial charge in [-0.2, -0.15) is 0 Å². The van der Waals surface area contributed by atoms with Crippen LogP contribution in [0, 0.1) is 0 Å². The van der Waals surface area contributed by atoms with E-state index in [0.29, 0.717) is 5.56 Å². The average molecular weight is 244 g/mol. The normalized spacial score (nSPS) is 13.0. The number of pyridine rings is 1. The smallest absolute Gasteiger partial charge is 0.253 e. The van der Waals surface area contributed by atoms with Gasteiger partial charge < -0.3 is 5.32 Å². The van der Waals surface area contributed by atoms with Crippen molar-refractivity contribution in [3.63, 3.8) is 0 Å². The summed E-state index contributed by atoms with van der Waals surface area (Å²) in [6.45, 7) is 4.09. The van der Waals surface area contributed by atoms with Gasteiger partial charge in [0, 0.05) is 18.4 Å². The number of rotatable bonds is 6. The van der Waals surface area contributed by atoms with Crippen molar-refractivity contribution in [1.82, 2.24) is 10.3 Å². The number of hydrogen-bond donors (Lipinski definition) is 1. The molecule has 3 heteroatoms. The molecule has 0 aliphatic rings. The van der Waals surface area contributed by atoms with Crippen LogP contribution in [0.3, 0.4) is 0 Å². The summed E-state index contributed by atoms with van der Waals surface area (Å²) in [4.78, 5) is 15.7. The van der Waals surface area contributed by atoms with Gasteiger partial charge in [0.1, 0.15) is 0 Å². The number of carbonyl (C=O) groups excluding carboxylic acids is 1. The fourth-order valence-electron chi connectivity index (χ4n) is 1.41. The minimum Gasteiger partial charge on any atom is -0.346 e. The van der Waals surface area contributed by atoms with Crippen LogP contribution in [0.15, 0.2) is 48.8 Å². The molecular formula is C15H20N2O. The number of hydrogen-bond acceptors (Lipinski definition) is 2. The molecule has 0 saturated heterocycles. The molecule has 3 nitrogen and oxygen atoms in total. The second-order valence-electron chi connectivity index (χ2n) is 4.11. The summed E-state index contributed by atoms with van der Waals surface area (Å²) in [6.07, 6.45) is 13.5. The molecular weight excluding hydrogens is 224 g/mol. The molecule has 1 N–H and O–H groups in total. The number of aromatic nitrogens is 1. The minimum atomic E-state index is -0.0993. The maximum absolute atomic E-state index is 11.8. The predicted octanol–water partition coefficient (Wildman–Crippen LogP) is 3.11. The number of amides is 1. The minimum absolute atomic E-state index is 0.00369. The highest BCUT2D eigenvalue weighted by molar-refractivity contribution is 5.94. The van der Waals surface area contributed by atoms with Crippen LogP contribution in [0.5, 0.6) is 0 Å². The number of unbranched alkanes of at least 4 members (excludes halogenated alkanes) is 1. The fourth-order valence-corrected chi connectivity index (χ4v) is 1.41. The molecule has 0 bridgehead atoms. The van der Waals surface area contributed by atoms with Crippen molar-refractivity contribution < 1.29 is 4.79 Å². The van der Waals surface area contributed by atoms with E-state index in [9.17, 15) is 4.79 Å². The first-order valence-electron chi connectivity index (χ1n) is 6.28. The lowest BCUT2D eigenvalue weighted by atomic mass is 10.2. The Bertz CT molecular complexity index is 410. The summed E-state index contributed by atoms with van der Waals surface area (Å²) in [7, 11) is 0. The Morgan fingerprint density at radius 2 is 2.33 bits per heavy atom. The summed E-state index contributed by atoms with van der Waals surface area (Å²) >= 11 is 0. The van der Waals surface area contributed by atoms with E-state index in [1.807, 2.05) is 25.2 Å². The van der Waals surface area contributed by atoms with Crippen LogP contribution < -0.4 is 5.32 Å². The third-order valence-electron chi connectivity index (χ3n) is 2.38. The fraction of sp³-hybridized carbons (Fsp3) is 0.333. The molecule has 1 heterocycles. The van der Waals surface area contributed by atoms with Gasteiger partial charge in [-0.1, -0.05) is 37.6 Å². The largest absolute Gasteiger partial charge is 0.346 e. The molecule has 1 rings (SSSR count). The van der Waals surface area contributed by atoms with Gasteiger partial charge in [-0.3, -0.25) is 9.78 Å². The molecule has 1 aromatic rings. The Labute approximate surface area is 109 Å². The second kappa shape index (κ2) is 8.23. The third kappa shape index (κ3) is 5.43. The van der Waals surface area contributed by atoms with E-state index in [2.05, 4.69) is 23.3 Å². The average Bonchev–Trinajstić information content (AvgIpc) is 2.39. The Balaban J connectivity index is 2.40. The topological polar surface area (TPSA) is 42.0 Å². The van der Waals surface area contributed by atoms with E-state index in [1.54, 1.807) is 24.5 Å². The maximum Gasteiger partial charge on any atom is 0.253 e. The molecule has 0 aliphatic carbocycles.